The lowest BCUT2D eigenvalue weighted by Crippen LogP contribution is -2.28. The van der Waals surface area contributed by atoms with Crippen molar-refractivity contribution in [1.82, 2.24) is 0 Å². The highest BCUT2D eigenvalue weighted by Gasteiger charge is 2.26. The molecule has 0 aromatic carbocycles. The molecule has 1 aliphatic carbocycles. The second-order valence-electron chi connectivity index (χ2n) is 7.95. The van der Waals surface area contributed by atoms with Crippen LogP contribution in [0.4, 0.5) is 0 Å². The van der Waals surface area contributed by atoms with Gasteiger partial charge in [-0.3, -0.25) is 0 Å². The largest absolute Gasteiger partial charge is 0.396 e. The molecule has 0 spiro atoms. The summed E-state index contributed by atoms with van der Waals surface area (Å²) in [6.07, 6.45) is 24.4. The number of aliphatic hydroxyl groups is 3. The van der Waals surface area contributed by atoms with Crippen molar-refractivity contribution in [2.24, 2.45) is 11.8 Å². The smallest absolute Gasteiger partial charge is 0.0723 e. The van der Waals surface area contributed by atoms with Gasteiger partial charge in [0.1, 0.15) is 0 Å². The lowest BCUT2D eigenvalue weighted by molar-refractivity contribution is 0.0717. The van der Waals surface area contributed by atoms with Crippen LogP contribution in [0.5, 0.6) is 0 Å². The molecule has 0 heterocycles. The molecule has 27 heavy (non-hydrogen) atoms. The summed E-state index contributed by atoms with van der Waals surface area (Å²) < 4.78 is 0. The van der Waals surface area contributed by atoms with E-state index in [9.17, 15) is 10.2 Å². The van der Waals surface area contributed by atoms with Gasteiger partial charge in [-0.15, -0.1) is 0 Å². The van der Waals surface area contributed by atoms with Crippen molar-refractivity contribution >= 4 is 0 Å². The van der Waals surface area contributed by atoms with Crippen LogP contribution in [0.3, 0.4) is 0 Å². The Labute approximate surface area is 166 Å². The summed E-state index contributed by atoms with van der Waals surface area (Å²) in [7, 11) is 0. The molecule has 0 saturated heterocycles. The first-order valence-corrected chi connectivity index (χ1v) is 11.2. The fraction of sp³-hybridized carbons (Fsp3) is 0.750. The summed E-state index contributed by atoms with van der Waals surface area (Å²) in [4.78, 5) is 0. The molecule has 3 heteroatoms. The SMILES string of the molecule is CCCCCCCCC(O)C=CC=CC1CC=CCC1C(O)CCCCO. The standard InChI is InChI=1S/C24H42O3/c1-2-3-4-5-6-7-16-22(26)17-10-8-14-21-15-9-11-18-23(21)24(27)19-12-13-20-25/h8-11,14,17,21-27H,2-7,12-13,15-16,18-20H2,1H3. The van der Waals surface area contributed by atoms with Gasteiger partial charge < -0.3 is 15.3 Å². The molecule has 0 aliphatic heterocycles. The molecule has 4 unspecified atom stereocenters. The van der Waals surface area contributed by atoms with E-state index < -0.39 is 0 Å². The van der Waals surface area contributed by atoms with Gasteiger partial charge in [0.15, 0.2) is 0 Å². The van der Waals surface area contributed by atoms with E-state index in [1.807, 2.05) is 18.2 Å². The summed E-state index contributed by atoms with van der Waals surface area (Å²) >= 11 is 0. The topological polar surface area (TPSA) is 60.7 Å². The van der Waals surface area contributed by atoms with Crippen LogP contribution < -0.4 is 0 Å². The van der Waals surface area contributed by atoms with Crippen molar-refractivity contribution in [3.8, 4) is 0 Å². The van der Waals surface area contributed by atoms with Crippen LogP contribution in [0.2, 0.25) is 0 Å². The van der Waals surface area contributed by atoms with Gasteiger partial charge in [-0.1, -0.05) is 81.9 Å². The van der Waals surface area contributed by atoms with Crippen molar-refractivity contribution in [2.45, 2.75) is 96.2 Å². The normalized spacial score (nSPS) is 22.7. The highest BCUT2D eigenvalue weighted by Crippen LogP contribution is 2.31. The summed E-state index contributed by atoms with van der Waals surface area (Å²) in [6, 6.07) is 0. The quantitative estimate of drug-likeness (QED) is 0.205. The Bertz CT molecular complexity index is 427. The van der Waals surface area contributed by atoms with E-state index in [-0.39, 0.29) is 24.7 Å². The van der Waals surface area contributed by atoms with E-state index in [1.54, 1.807) is 0 Å². The fourth-order valence-corrected chi connectivity index (χ4v) is 3.83. The first kappa shape index (κ1) is 24.1. The summed E-state index contributed by atoms with van der Waals surface area (Å²) in [5, 5.41) is 29.4. The van der Waals surface area contributed by atoms with Gasteiger partial charge in [-0.05, 0) is 50.4 Å². The maximum absolute atomic E-state index is 10.5. The monoisotopic (exact) mass is 378 g/mol. The van der Waals surface area contributed by atoms with E-state index in [2.05, 4.69) is 25.2 Å². The van der Waals surface area contributed by atoms with Gasteiger partial charge in [0, 0.05) is 6.61 Å². The number of hydrogen-bond acceptors (Lipinski definition) is 3. The molecule has 0 saturated carbocycles. The van der Waals surface area contributed by atoms with E-state index in [1.165, 1.54) is 32.1 Å². The maximum atomic E-state index is 10.5. The zero-order valence-electron chi connectivity index (χ0n) is 17.3. The predicted molar refractivity (Wildman–Crippen MR) is 115 cm³/mol. The minimum atomic E-state index is -0.355. The van der Waals surface area contributed by atoms with Crippen molar-refractivity contribution in [3.05, 3.63) is 36.5 Å². The van der Waals surface area contributed by atoms with Crippen LogP contribution in [0.25, 0.3) is 0 Å². The van der Waals surface area contributed by atoms with E-state index in [4.69, 9.17) is 5.11 Å². The van der Waals surface area contributed by atoms with Crippen LogP contribution >= 0.6 is 0 Å². The van der Waals surface area contributed by atoms with Crippen molar-refractivity contribution in [1.29, 1.82) is 0 Å². The number of allylic oxidation sites excluding steroid dienone is 5. The third-order valence-electron chi connectivity index (χ3n) is 5.59. The Morgan fingerprint density at radius 3 is 2.37 bits per heavy atom. The average Bonchev–Trinajstić information content (AvgIpc) is 2.68. The van der Waals surface area contributed by atoms with Gasteiger partial charge in [-0.25, -0.2) is 0 Å². The number of rotatable bonds is 15. The van der Waals surface area contributed by atoms with Gasteiger partial charge in [0.05, 0.1) is 12.2 Å². The Morgan fingerprint density at radius 2 is 1.59 bits per heavy atom. The molecule has 4 atom stereocenters. The first-order valence-electron chi connectivity index (χ1n) is 11.2. The third kappa shape index (κ3) is 11.5. The second-order valence-corrected chi connectivity index (χ2v) is 7.95. The summed E-state index contributed by atoms with van der Waals surface area (Å²) in [5.74, 6) is 0.603. The van der Waals surface area contributed by atoms with E-state index >= 15 is 0 Å². The first-order chi connectivity index (χ1) is 13.2. The zero-order chi connectivity index (χ0) is 19.7. The van der Waals surface area contributed by atoms with Crippen molar-refractivity contribution < 1.29 is 15.3 Å². The lowest BCUT2D eigenvalue weighted by Gasteiger charge is -2.30. The third-order valence-corrected chi connectivity index (χ3v) is 5.59. The second kappa shape index (κ2) is 16.1. The molecule has 0 aromatic rings. The van der Waals surface area contributed by atoms with Gasteiger partial charge in [0.25, 0.3) is 0 Å². The molecule has 0 radical (unpaired) electrons. The molecule has 1 rings (SSSR count). The summed E-state index contributed by atoms with van der Waals surface area (Å²) in [5.41, 5.74) is 0. The van der Waals surface area contributed by atoms with Crippen LogP contribution in [-0.2, 0) is 0 Å². The molecular weight excluding hydrogens is 336 g/mol. The van der Waals surface area contributed by atoms with E-state index in [0.29, 0.717) is 5.92 Å². The highest BCUT2D eigenvalue weighted by atomic mass is 16.3. The van der Waals surface area contributed by atoms with E-state index in [0.717, 1.165) is 44.9 Å². The van der Waals surface area contributed by atoms with Crippen molar-refractivity contribution in [2.75, 3.05) is 6.61 Å². The Hall–Kier alpha value is -0.900. The molecular formula is C24H42O3. The lowest BCUT2D eigenvalue weighted by atomic mass is 9.78. The molecule has 0 amide bonds. The maximum Gasteiger partial charge on any atom is 0.0723 e. The molecule has 0 fully saturated rings. The van der Waals surface area contributed by atoms with Crippen LogP contribution in [0.15, 0.2) is 36.5 Å². The molecule has 0 bridgehead atoms. The van der Waals surface area contributed by atoms with Crippen LogP contribution in [0.1, 0.15) is 84.0 Å². The number of hydrogen-bond donors (Lipinski definition) is 3. The molecule has 1 aliphatic rings. The van der Waals surface area contributed by atoms with Crippen LogP contribution in [-0.4, -0.2) is 34.1 Å². The molecule has 3 N–H and O–H groups in total. The minimum absolute atomic E-state index is 0.201. The summed E-state index contributed by atoms with van der Waals surface area (Å²) in [6.45, 7) is 2.43. The fourth-order valence-electron chi connectivity index (χ4n) is 3.83. The molecule has 3 nitrogen and oxygen atoms in total. The van der Waals surface area contributed by atoms with Gasteiger partial charge in [0.2, 0.25) is 0 Å². The highest BCUT2D eigenvalue weighted by molar-refractivity contribution is 5.10. The minimum Gasteiger partial charge on any atom is -0.396 e. The van der Waals surface area contributed by atoms with Crippen LogP contribution in [0, 0.1) is 11.8 Å². The Kier molecular flexibility index (Phi) is 14.4. The zero-order valence-corrected chi connectivity index (χ0v) is 17.3. The number of aliphatic hydroxyl groups excluding tert-OH is 3. The Morgan fingerprint density at radius 1 is 0.889 bits per heavy atom. The average molecular weight is 379 g/mol. The van der Waals surface area contributed by atoms with Gasteiger partial charge in [-0.2, -0.15) is 0 Å². The molecule has 156 valence electrons. The number of unbranched alkanes of at least 4 members (excludes halogenated alkanes) is 6. The molecule has 0 aromatic heterocycles. The Balaban J connectivity index is 2.31. The van der Waals surface area contributed by atoms with Crippen molar-refractivity contribution in [3.63, 3.8) is 0 Å². The van der Waals surface area contributed by atoms with Gasteiger partial charge >= 0.3 is 0 Å². The predicted octanol–water partition coefficient (Wildman–Crippen LogP) is 5.32.